The second-order valence-corrected chi connectivity index (χ2v) is 6.71. The van der Waals surface area contributed by atoms with E-state index in [0.29, 0.717) is 18.0 Å². The van der Waals surface area contributed by atoms with E-state index in [1.54, 1.807) is 6.07 Å². The van der Waals surface area contributed by atoms with Crippen LogP contribution in [0.3, 0.4) is 0 Å². The summed E-state index contributed by atoms with van der Waals surface area (Å²) in [6.07, 6.45) is 4.41. The lowest BCUT2D eigenvalue weighted by molar-refractivity contribution is 0.229. The van der Waals surface area contributed by atoms with Gasteiger partial charge in [0.15, 0.2) is 11.6 Å². The van der Waals surface area contributed by atoms with Gasteiger partial charge in [0.1, 0.15) is 11.3 Å². The van der Waals surface area contributed by atoms with Crippen molar-refractivity contribution in [3.63, 3.8) is 0 Å². The molecule has 0 radical (unpaired) electrons. The van der Waals surface area contributed by atoms with Crippen molar-refractivity contribution in [3.8, 4) is 0 Å². The van der Waals surface area contributed by atoms with Crippen LogP contribution in [-0.2, 0) is 6.54 Å². The fourth-order valence-corrected chi connectivity index (χ4v) is 3.50. The van der Waals surface area contributed by atoms with E-state index in [1.807, 2.05) is 6.07 Å². The molecule has 0 spiro atoms. The molecule has 1 saturated carbocycles. The van der Waals surface area contributed by atoms with E-state index in [2.05, 4.69) is 25.0 Å². The number of benzene rings is 1. The molecule has 0 amide bonds. The lowest BCUT2D eigenvalue weighted by atomic mass is 10.2. The Morgan fingerprint density at radius 2 is 2.17 bits per heavy atom. The van der Waals surface area contributed by atoms with Crippen LogP contribution >= 0.6 is 0 Å². The van der Waals surface area contributed by atoms with Crippen molar-refractivity contribution >= 4 is 11.0 Å². The molecule has 2 fully saturated rings. The molecule has 1 saturated heterocycles. The van der Waals surface area contributed by atoms with E-state index >= 15 is 0 Å². The van der Waals surface area contributed by atoms with Crippen LogP contribution in [0, 0.1) is 5.82 Å². The monoisotopic (exact) mass is 327 g/mol. The zero-order valence-corrected chi connectivity index (χ0v) is 13.2. The van der Waals surface area contributed by atoms with Gasteiger partial charge in [0.2, 0.25) is 5.89 Å². The summed E-state index contributed by atoms with van der Waals surface area (Å²) in [5.74, 6) is 2.51. The SMILES string of the molecule is Fc1cccc2[nH]c(CN3CCCC3c3noc(C4CC4)n3)nc12. The Bertz CT molecular complexity index is 884. The number of nitrogens with zero attached hydrogens (tertiary/aromatic N) is 4. The molecule has 1 aliphatic heterocycles. The van der Waals surface area contributed by atoms with Gasteiger partial charge < -0.3 is 9.51 Å². The first kappa shape index (κ1) is 14.1. The van der Waals surface area contributed by atoms with Crippen LogP contribution in [0.2, 0.25) is 0 Å². The zero-order valence-electron chi connectivity index (χ0n) is 13.2. The van der Waals surface area contributed by atoms with Gasteiger partial charge in [-0.1, -0.05) is 11.2 Å². The fraction of sp³-hybridized carbons (Fsp3) is 0.471. The lowest BCUT2D eigenvalue weighted by Crippen LogP contribution is -2.24. The maximum Gasteiger partial charge on any atom is 0.229 e. The molecular formula is C17H18FN5O. The molecule has 7 heteroatoms. The summed E-state index contributed by atoms with van der Waals surface area (Å²) in [7, 11) is 0. The fourth-order valence-electron chi connectivity index (χ4n) is 3.50. The number of para-hydroxylation sites is 1. The van der Waals surface area contributed by atoms with Gasteiger partial charge in [0.05, 0.1) is 18.1 Å². The highest BCUT2D eigenvalue weighted by Gasteiger charge is 2.34. The zero-order chi connectivity index (χ0) is 16.1. The van der Waals surface area contributed by atoms with E-state index < -0.39 is 0 Å². The normalized spacial score (nSPS) is 21.8. The summed E-state index contributed by atoms with van der Waals surface area (Å²) in [6.45, 7) is 1.59. The lowest BCUT2D eigenvalue weighted by Gasteiger charge is -2.20. The van der Waals surface area contributed by atoms with E-state index in [-0.39, 0.29) is 11.9 Å². The third kappa shape index (κ3) is 2.39. The Kier molecular flexibility index (Phi) is 3.16. The standard InChI is InChI=1S/C17H18FN5O/c18-11-3-1-4-12-15(11)20-14(19-12)9-23-8-2-5-13(23)16-21-17(24-22-16)10-6-7-10/h1,3-4,10,13H,2,5-9H2,(H,19,20). The average molecular weight is 327 g/mol. The molecule has 2 aliphatic rings. The van der Waals surface area contributed by atoms with Crippen molar-refractivity contribution in [2.75, 3.05) is 6.54 Å². The van der Waals surface area contributed by atoms with Crippen molar-refractivity contribution in [1.82, 2.24) is 25.0 Å². The first-order chi connectivity index (χ1) is 11.8. The number of nitrogens with one attached hydrogen (secondary N) is 1. The first-order valence-electron chi connectivity index (χ1n) is 8.48. The number of rotatable bonds is 4. The molecule has 1 N–H and O–H groups in total. The number of fused-ring (bicyclic) bond motifs is 1. The Morgan fingerprint density at radius 3 is 3.00 bits per heavy atom. The Morgan fingerprint density at radius 1 is 1.25 bits per heavy atom. The van der Waals surface area contributed by atoms with Crippen molar-refractivity contribution in [2.45, 2.75) is 44.2 Å². The number of imidazole rings is 1. The highest BCUT2D eigenvalue weighted by atomic mass is 19.1. The summed E-state index contributed by atoms with van der Waals surface area (Å²) in [4.78, 5) is 14.5. The highest BCUT2D eigenvalue weighted by Crippen LogP contribution is 2.40. The van der Waals surface area contributed by atoms with Crippen LogP contribution in [0.1, 0.15) is 55.2 Å². The van der Waals surface area contributed by atoms with E-state index in [9.17, 15) is 4.39 Å². The molecular weight excluding hydrogens is 309 g/mol. The van der Waals surface area contributed by atoms with Gasteiger partial charge in [-0.15, -0.1) is 0 Å². The third-order valence-corrected chi connectivity index (χ3v) is 4.91. The number of hydrogen-bond donors (Lipinski definition) is 1. The van der Waals surface area contributed by atoms with Crippen LogP contribution in [-0.4, -0.2) is 31.6 Å². The van der Waals surface area contributed by atoms with Gasteiger partial charge in [-0.25, -0.2) is 9.37 Å². The molecule has 3 aromatic rings. The minimum absolute atomic E-state index is 0.152. The van der Waals surface area contributed by atoms with Gasteiger partial charge in [-0.05, 0) is 44.4 Å². The Balaban J connectivity index is 1.38. The van der Waals surface area contributed by atoms with Crippen molar-refractivity contribution in [1.29, 1.82) is 0 Å². The Hall–Kier alpha value is -2.28. The number of aromatic nitrogens is 4. The number of halogens is 1. The maximum atomic E-state index is 13.8. The molecule has 1 unspecified atom stereocenters. The molecule has 1 atom stereocenters. The first-order valence-corrected chi connectivity index (χ1v) is 8.48. The van der Waals surface area contributed by atoms with Gasteiger partial charge in [0.25, 0.3) is 0 Å². The number of likely N-dealkylation sites (tertiary alicyclic amines) is 1. The van der Waals surface area contributed by atoms with E-state index in [0.717, 1.165) is 55.3 Å². The highest BCUT2D eigenvalue weighted by molar-refractivity contribution is 5.75. The maximum absolute atomic E-state index is 13.8. The van der Waals surface area contributed by atoms with Gasteiger partial charge in [-0.2, -0.15) is 4.98 Å². The largest absolute Gasteiger partial charge is 0.341 e. The van der Waals surface area contributed by atoms with E-state index in [1.165, 1.54) is 6.07 Å². The van der Waals surface area contributed by atoms with Gasteiger partial charge >= 0.3 is 0 Å². The van der Waals surface area contributed by atoms with Crippen LogP contribution < -0.4 is 0 Å². The summed E-state index contributed by atoms with van der Waals surface area (Å²) in [6, 6.07) is 5.12. The molecule has 2 aromatic heterocycles. The van der Waals surface area contributed by atoms with Gasteiger partial charge in [-0.3, -0.25) is 4.90 Å². The predicted molar refractivity (Wildman–Crippen MR) is 84.7 cm³/mol. The molecule has 1 aliphatic carbocycles. The summed E-state index contributed by atoms with van der Waals surface area (Å²) in [5.41, 5.74) is 1.13. The number of H-pyrrole nitrogens is 1. The second-order valence-electron chi connectivity index (χ2n) is 6.71. The molecule has 24 heavy (non-hydrogen) atoms. The molecule has 1 aromatic carbocycles. The number of aromatic amines is 1. The van der Waals surface area contributed by atoms with Crippen molar-refractivity contribution in [2.24, 2.45) is 0 Å². The predicted octanol–water partition coefficient (Wildman–Crippen LogP) is 3.30. The summed E-state index contributed by atoms with van der Waals surface area (Å²) in [5, 5.41) is 4.19. The van der Waals surface area contributed by atoms with Crippen LogP contribution in [0.15, 0.2) is 22.7 Å². The van der Waals surface area contributed by atoms with Crippen molar-refractivity contribution in [3.05, 3.63) is 41.6 Å². The summed E-state index contributed by atoms with van der Waals surface area (Å²) >= 11 is 0. The average Bonchev–Trinajstić information content (AvgIpc) is 3.00. The molecule has 0 bridgehead atoms. The minimum atomic E-state index is -0.291. The summed E-state index contributed by atoms with van der Waals surface area (Å²) < 4.78 is 19.2. The molecule has 124 valence electrons. The topological polar surface area (TPSA) is 70.8 Å². The van der Waals surface area contributed by atoms with Gasteiger partial charge in [0, 0.05) is 5.92 Å². The smallest absolute Gasteiger partial charge is 0.229 e. The minimum Gasteiger partial charge on any atom is -0.341 e. The number of hydrogen-bond acceptors (Lipinski definition) is 5. The van der Waals surface area contributed by atoms with E-state index in [4.69, 9.17) is 4.52 Å². The second kappa shape index (κ2) is 5.37. The van der Waals surface area contributed by atoms with Crippen LogP contribution in [0.25, 0.3) is 11.0 Å². The molecule has 5 rings (SSSR count). The van der Waals surface area contributed by atoms with Crippen molar-refractivity contribution < 1.29 is 8.91 Å². The molecule has 3 heterocycles. The van der Waals surface area contributed by atoms with Crippen LogP contribution in [0.4, 0.5) is 4.39 Å². The molecule has 6 nitrogen and oxygen atoms in total. The van der Waals surface area contributed by atoms with Crippen LogP contribution in [0.5, 0.6) is 0 Å². The third-order valence-electron chi connectivity index (χ3n) is 4.91. The Labute approximate surface area is 138 Å². The quantitative estimate of drug-likeness (QED) is 0.796.